The number of carbonyl (C=O) groups is 1. The molecule has 0 spiro atoms. The Morgan fingerprint density at radius 1 is 0.973 bits per heavy atom. The van der Waals surface area contributed by atoms with Crippen LogP contribution in [0.1, 0.15) is 46.1 Å². The average Bonchev–Trinajstić information content (AvgIpc) is 3.35. The van der Waals surface area contributed by atoms with Crippen molar-refractivity contribution in [2.24, 2.45) is 0 Å². The SMILES string of the molecule is Cc1ccc(-c2cc(C(=O)NC(C)c3cnc(C)cn3)cc(-n3nnnc3C(F)(F)C(F)(F)F)c2)nc1. The minimum atomic E-state index is -5.94. The van der Waals surface area contributed by atoms with Crippen LogP contribution in [0.4, 0.5) is 22.0 Å². The molecule has 0 radical (unpaired) electrons. The van der Waals surface area contributed by atoms with Gasteiger partial charge in [-0.1, -0.05) is 6.07 Å². The summed E-state index contributed by atoms with van der Waals surface area (Å²) < 4.78 is 67.8. The quantitative estimate of drug-likeness (QED) is 0.380. The molecule has 1 N–H and O–H groups in total. The van der Waals surface area contributed by atoms with Crippen LogP contribution >= 0.6 is 0 Å². The number of amides is 1. The molecule has 1 atom stereocenters. The Balaban J connectivity index is 1.79. The Hall–Kier alpha value is -4.36. The lowest BCUT2D eigenvalue weighted by molar-refractivity contribution is -0.293. The van der Waals surface area contributed by atoms with E-state index in [0.29, 0.717) is 17.1 Å². The smallest absolute Gasteiger partial charge is 0.344 e. The van der Waals surface area contributed by atoms with E-state index in [1.54, 1.807) is 39.1 Å². The lowest BCUT2D eigenvalue weighted by Crippen LogP contribution is -2.36. The number of rotatable bonds is 6. The molecule has 1 amide bonds. The van der Waals surface area contributed by atoms with Crippen LogP contribution in [0, 0.1) is 13.8 Å². The van der Waals surface area contributed by atoms with Crippen molar-refractivity contribution in [3.63, 3.8) is 0 Å². The Morgan fingerprint density at radius 3 is 2.35 bits per heavy atom. The highest BCUT2D eigenvalue weighted by atomic mass is 19.4. The molecule has 4 rings (SSSR count). The van der Waals surface area contributed by atoms with E-state index < -0.39 is 29.9 Å². The maximum absolute atomic E-state index is 14.2. The van der Waals surface area contributed by atoms with E-state index >= 15 is 0 Å². The van der Waals surface area contributed by atoms with Gasteiger partial charge in [0.25, 0.3) is 5.91 Å². The zero-order valence-corrected chi connectivity index (χ0v) is 19.6. The Bertz CT molecular complexity index is 1420. The van der Waals surface area contributed by atoms with Crippen LogP contribution in [0.15, 0.2) is 48.9 Å². The monoisotopic (exact) mass is 518 g/mol. The molecule has 37 heavy (non-hydrogen) atoms. The molecular weight excluding hydrogens is 499 g/mol. The molecule has 0 aliphatic rings. The van der Waals surface area contributed by atoms with Crippen molar-refractivity contribution in [2.75, 3.05) is 0 Å². The van der Waals surface area contributed by atoms with Gasteiger partial charge in [-0.05, 0) is 61.0 Å². The van der Waals surface area contributed by atoms with Gasteiger partial charge in [-0.2, -0.15) is 26.6 Å². The molecule has 14 heteroatoms. The van der Waals surface area contributed by atoms with Crippen molar-refractivity contribution >= 4 is 5.91 Å². The highest BCUT2D eigenvalue weighted by Gasteiger charge is 2.62. The van der Waals surface area contributed by atoms with E-state index in [9.17, 15) is 26.7 Å². The summed E-state index contributed by atoms with van der Waals surface area (Å²) in [5.74, 6) is -7.75. The minimum Gasteiger partial charge on any atom is -0.344 e. The van der Waals surface area contributed by atoms with Gasteiger partial charge in [0, 0.05) is 23.5 Å². The number of alkyl halides is 5. The molecular formula is C23H19F5N8O. The first-order chi connectivity index (χ1) is 17.4. The van der Waals surface area contributed by atoms with E-state index in [1.165, 1.54) is 24.5 Å². The zero-order valence-electron chi connectivity index (χ0n) is 19.6. The van der Waals surface area contributed by atoms with Gasteiger partial charge in [0.1, 0.15) is 0 Å². The molecule has 1 unspecified atom stereocenters. The van der Waals surface area contributed by atoms with Crippen LogP contribution in [0.25, 0.3) is 16.9 Å². The van der Waals surface area contributed by atoms with Gasteiger partial charge in [0.2, 0.25) is 5.82 Å². The van der Waals surface area contributed by atoms with Gasteiger partial charge in [-0.15, -0.1) is 5.10 Å². The Labute approximate surface area is 206 Å². The summed E-state index contributed by atoms with van der Waals surface area (Å²) >= 11 is 0. The van der Waals surface area contributed by atoms with Crippen molar-refractivity contribution < 1.29 is 26.7 Å². The number of tetrazole rings is 1. The lowest BCUT2D eigenvalue weighted by Gasteiger charge is -2.19. The van der Waals surface area contributed by atoms with Gasteiger partial charge in [-0.25, -0.2) is 0 Å². The summed E-state index contributed by atoms with van der Waals surface area (Å²) in [4.78, 5) is 25.7. The molecule has 0 aliphatic carbocycles. The van der Waals surface area contributed by atoms with Crippen LogP contribution in [0.3, 0.4) is 0 Å². The number of aryl methyl sites for hydroxylation is 2. The van der Waals surface area contributed by atoms with Gasteiger partial charge in [0.05, 0.1) is 35.0 Å². The molecule has 0 saturated carbocycles. The largest absolute Gasteiger partial charge is 0.461 e. The first kappa shape index (κ1) is 25.7. The Morgan fingerprint density at radius 2 is 1.73 bits per heavy atom. The van der Waals surface area contributed by atoms with E-state index in [4.69, 9.17) is 0 Å². The van der Waals surface area contributed by atoms with Crippen LogP contribution in [-0.2, 0) is 5.92 Å². The summed E-state index contributed by atoms with van der Waals surface area (Å²) in [6.45, 7) is 5.21. The molecule has 3 heterocycles. The summed E-state index contributed by atoms with van der Waals surface area (Å²) in [6.07, 6.45) is -1.38. The second-order valence-corrected chi connectivity index (χ2v) is 8.25. The van der Waals surface area contributed by atoms with Crippen LogP contribution < -0.4 is 5.32 Å². The fourth-order valence-corrected chi connectivity index (χ4v) is 3.31. The number of nitrogens with zero attached hydrogens (tertiary/aromatic N) is 7. The molecule has 0 fully saturated rings. The van der Waals surface area contributed by atoms with Gasteiger partial charge >= 0.3 is 12.1 Å². The van der Waals surface area contributed by atoms with Gasteiger partial charge in [0.15, 0.2) is 0 Å². The van der Waals surface area contributed by atoms with E-state index in [-0.39, 0.29) is 21.5 Å². The number of hydrogen-bond acceptors (Lipinski definition) is 7. The summed E-state index contributed by atoms with van der Waals surface area (Å²) in [7, 11) is 0. The predicted octanol–water partition coefficient (Wildman–Crippen LogP) is 4.28. The maximum atomic E-state index is 14.2. The van der Waals surface area contributed by atoms with Crippen LogP contribution in [-0.4, -0.2) is 47.2 Å². The fraction of sp³-hybridized carbons (Fsp3) is 0.261. The molecule has 9 nitrogen and oxygen atoms in total. The molecule has 0 saturated heterocycles. The van der Waals surface area contributed by atoms with Crippen molar-refractivity contribution in [2.45, 2.75) is 38.9 Å². The number of pyridine rings is 1. The van der Waals surface area contributed by atoms with Crippen molar-refractivity contribution in [3.8, 4) is 16.9 Å². The Kier molecular flexibility index (Phi) is 6.67. The second kappa shape index (κ2) is 9.59. The standard InChI is InChI=1S/C23H19F5N8O/c1-12-4-5-18(30-9-12)15-6-16(20(37)32-14(3)19-11-29-13(2)10-31-19)8-17(7-15)36-21(33-34-35-36)22(24,25)23(26,27)28/h4-11,14H,1-3H3,(H,32,37). The van der Waals surface area contributed by atoms with Gasteiger partial charge < -0.3 is 5.32 Å². The molecule has 1 aromatic carbocycles. The third-order valence-electron chi connectivity index (χ3n) is 5.33. The molecule has 0 aliphatic heterocycles. The van der Waals surface area contributed by atoms with Crippen LogP contribution in [0.2, 0.25) is 0 Å². The highest BCUT2D eigenvalue weighted by molar-refractivity contribution is 5.96. The van der Waals surface area contributed by atoms with Crippen molar-refractivity contribution in [1.82, 2.24) is 40.5 Å². The first-order valence-corrected chi connectivity index (χ1v) is 10.8. The third-order valence-corrected chi connectivity index (χ3v) is 5.33. The van der Waals surface area contributed by atoms with E-state index in [1.807, 2.05) is 0 Å². The van der Waals surface area contributed by atoms with E-state index in [0.717, 1.165) is 11.6 Å². The topological polar surface area (TPSA) is 111 Å². The fourth-order valence-electron chi connectivity index (χ4n) is 3.31. The van der Waals surface area contributed by atoms with E-state index in [2.05, 4.69) is 35.8 Å². The highest BCUT2D eigenvalue weighted by Crippen LogP contribution is 2.43. The molecule has 4 aromatic rings. The van der Waals surface area contributed by atoms with Crippen LogP contribution in [0.5, 0.6) is 0 Å². The van der Waals surface area contributed by atoms with Crippen molar-refractivity contribution in [3.05, 3.63) is 77.3 Å². The van der Waals surface area contributed by atoms with Gasteiger partial charge in [-0.3, -0.25) is 19.7 Å². The number of halogens is 5. The number of benzene rings is 1. The predicted molar refractivity (Wildman–Crippen MR) is 120 cm³/mol. The third kappa shape index (κ3) is 5.27. The van der Waals surface area contributed by atoms with Crippen molar-refractivity contribution in [1.29, 1.82) is 0 Å². The zero-order chi connectivity index (χ0) is 27.0. The lowest BCUT2D eigenvalue weighted by atomic mass is 10.0. The second-order valence-electron chi connectivity index (χ2n) is 8.25. The average molecular weight is 518 g/mol. The normalized spacial score (nSPS) is 12.9. The number of nitrogens with one attached hydrogen (secondary N) is 1. The maximum Gasteiger partial charge on any atom is 0.461 e. The number of carbonyl (C=O) groups excluding carboxylic acids is 1. The first-order valence-electron chi connectivity index (χ1n) is 10.8. The summed E-state index contributed by atoms with van der Waals surface area (Å²) in [5, 5.41) is 12.0. The molecule has 0 bridgehead atoms. The summed E-state index contributed by atoms with van der Waals surface area (Å²) in [6, 6.07) is 6.54. The summed E-state index contributed by atoms with van der Waals surface area (Å²) in [5.41, 5.74) is 2.23. The minimum absolute atomic E-state index is 0.0569. The molecule has 192 valence electrons. The number of aromatic nitrogens is 7. The molecule has 3 aromatic heterocycles. The number of hydrogen-bond donors (Lipinski definition) is 1.